The molecule has 228 valence electrons. The summed E-state index contributed by atoms with van der Waals surface area (Å²) in [5.41, 5.74) is 12.9. The molecule has 7 aromatic rings. The number of carboxylic acid groups (broad SMARTS) is 1. The molecule has 6 nitrogen and oxygen atoms in total. The first-order valence-corrected chi connectivity index (χ1v) is 14.9. The van der Waals surface area contributed by atoms with Gasteiger partial charge in [-0.25, -0.2) is 9.78 Å². The molecule has 7 rings (SSSR count). The maximum Gasteiger partial charge on any atom is 0.335 e. The highest BCUT2D eigenvalue weighted by Gasteiger charge is 2.09. The molecule has 1 aromatic heterocycles. The number of phenols is 1. The van der Waals surface area contributed by atoms with E-state index in [0.717, 1.165) is 22.2 Å². The summed E-state index contributed by atoms with van der Waals surface area (Å²) >= 11 is 11.5. The molecule has 0 bridgehead atoms. The van der Waals surface area contributed by atoms with Crippen molar-refractivity contribution in [2.24, 2.45) is 0 Å². The molecule has 0 saturated carbocycles. The predicted octanol–water partition coefficient (Wildman–Crippen LogP) is 10.5. The summed E-state index contributed by atoms with van der Waals surface area (Å²) in [6.07, 6.45) is 0. The molecule has 0 aliphatic rings. The molecule has 0 aliphatic heterocycles. The Morgan fingerprint density at radius 3 is 1.61 bits per heavy atom. The van der Waals surface area contributed by atoms with Crippen molar-refractivity contribution >= 4 is 46.0 Å². The van der Waals surface area contributed by atoms with Crippen LogP contribution in [0.4, 0.5) is 5.69 Å². The minimum absolute atomic E-state index is 0.0301. The fourth-order valence-corrected chi connectivity index (χ4v) is 4.74. The van der Waals surface area contributed by atoms with Gasteiger partial charge >= 0.3 is 5.97 Å². The molecule has 8 heteroatoms. The molecule has 0 fully saturated rings. The third-order valence-corrected chi connectivity index (χ3v) is 7.29. The van der Waals surface area contributed by atoms with Crippen LogP contribution in [0.5, 0.6) is 5.75 Å². The zero-order valence-electron chi connectivity index (χ0n) is 24.3. The Labute approximate surface area is 275 Å². The van der Waals surface area contributed by atoms with Crippen LogP contribution in [-0.4, -0.2) is 21.2 Å². The Morgan fingerprint density at radius 2 is 1.09 bits per heavy atom. The SMILES string of the molecule is Clc1ccc2nc(-c3ccc(-c4ccccc4)cc3)oc2c1.Nc1ccc(Cl)cc1O.O=C(O)c1ccc(-c2ccccc2)cc1. The minimum Gasteiger partial charge on any atom is -0.506 e. The van der Waals surface area contributed by atoms with Gasteiger partial charge in [0, 0.05) is 27.7 Å². The zero-order valence-corrected chi connectivity index (χ0v) is 25.9. The Hall–Kier alpha value is -5.56. The Kier molecular flexibility index (Phi) is 10.4. The molecular weight excluding hydrogens is 619 g/mol. The van der Waals surface area contributed by atoms with Crippen LogP contribution in [0.2, 0.25) is 10.0 Å². The van der Waals surface area contributed by atoms with Crippen molar-refractivity contribution in [2.45, 2.75) is 0 Å². The van der Waals surface area contributed by atoms with Gasteiger partial charge < -0.3 is 20.4 Å². The van der Waals surface area contributed by atoms with Crippen LogP contribution in [0, 0.1) is 0 Å². The van der Waals surface area contributed by atoms with E-state index in [-0.39, 0.29) is 5.75 Å². The molecule has 0 saturated heterocycles. The van der Waals surface area contributed by atoms with Gasteiger partial charge in [-0.1, -0.05) is 108 Å². The molecule has 46 heavy (non-hydrogen) atoms. The summed E-state index contributed by atoms with van der Waals surface area (Å²) in [5, 5.41) is 18.8. The Balaban J connectivity index is 0.000000150. The van der Waals surface area contributed by atoms with Gasteiger partial charge in [0.05, 0.1) is 11.3 Å². The van der Waals surface area contributed by atoms with E-state index in [1.807, 2.05) is 84.9 Å². The van der Waals surface area contributed by atoms with E-state index in [1.54, 1.807) is 30.3 Å². The second-order valence-corrected chi connectivity index (χ2v) is 10.9. The lowest BCUT2D eigenvalue weighted by atomic mass is 10.0. The van der Waals surface area contributed by atoms with Gasteiger partial charge in [0.15, 0.2) is 5.58 Å². The number of anilines is 1. The van der Waals surface area contributed by atoms with Crippen LogP contribution in [0.1, 0.15) is 10.4 Å². The minimum atomic E-state index is -0.894. The second-order valence-electron chi connectivity index (χ2n) is 10.0. The number of fused-ring (bicyclic) bond motifs is 1. The number of nitrogens with two attached hydrogens (primary N) is 1. The first-order chi connectivity index (χ1) is 22.3. The fourth-order valence-electron chi connectivity index (χ4n) is 4.41. The summed E-state index contributed by atoms with van der Waals surface area (Å²) in [7, 11) is 0. The maximum absolute atomic E-state index is 10.6. The van der Waals surface area contributed by atoms with E-state index in [2.05, 4.69) is 29.2 Å². The number of phenolic OH excluding ortho intramolecular Hbond substituents is 1. The van der Waals surface area contributed by atoms with Gasteiger partial charge in [0.25, 0.3) is 0 Å². The Bertz CT molecular complexity index is 2050. The highest BCUT2D eigenvalue weighted by Crippen LogP contribution is 2.28. The van der Waals surface area contributed by atoms with Crippen molar-refractivity contribution in [2.75, 3.05) is 5.73 Å². The highest BCUT2D eigenvalue weighted by atomic mass is 35.5. The molecule has 0 aliphatic carbocycles. The van der Waals surface area contributed by atoms with Crippen molar-refractivity contribution in [1.82, 2.24) is 4.98 Å². The maximum atomic E-state index is 10.6. The number of nitrogens with zero attached hydrogens (tertiary/aromatic N) is 1. The van der Waals surface area contributed by atoms with Crippen molar-refractivity contribution in [3.05, 3.63) is 161 Å². The number of rotatable bonds is 4. The normalized spacial score (nSPS) is 10.3. The lowest BCUT2D eigenvalue weighted by Crippen LogP contribution is -1.94. The van der Waals surface area contributed by atoms with Crippen LogP contribution in [-0.2, 0) is 0 Å². The summed E-state index contributed by atoms with van der Waals surface area (Å²) in [6.45, 7) is 0. The van der Waals surface area contributed by atoms with Crippen LogP contribution in [0.25, 0.3) is 44.8 Å². The molecule has 4 N–H and O–H groups in total. The summed E-state index contributed by atoms with van der Waals surface area (Å²) in [5.74, 6) is -0.256. The average Bonchev–Trinajstić information content (AvgIpc) is 3.51. The topological polar surface area (TPSA) is 110 Å². The van der Waals surface area contributed by atoms with Crippen molar-refractivity contribution in [3.63, 3.8) is 0 Å². The molecule has 1 heterocycles. The number of aromatic hydroxyl groups is 1. The molecule has 0 amide bonds. The standard InChI is InChI=1S/C19H12ClNO.C13H10O2.C6H6ClNO/c20-16-10-11-17-18(12-16)22-19(21-17)15-8-6-14(7-9-15)13-4-2-1-3-5-13;14-13(15)12-8-6-11(7-9-12)10-4-2-1-3-5-10;7-4-1-2-5(8)6(9)3-4/h1-12H;1-9H,(H,14,15);1-3,9H,8H2. The number of benzene rings is 6. The predicted molar refractivity (Wildman–Crippen MR) is 186 cm³/mol. The number of carbonyl (C=O) groups is 1. The number of hydrogen-bond donors (Lipinski definition) is 3. The van der Waals surface area contributed by atoms with Crippen LogP contribution >= 0.6 is 23.2 Å². The Morgan fingerprint density at radius 1 is 0.609 bits per heavy atom. The first kappa shape index (κ1) is 31.9. The molecule has 0 spiro atoms. The van der Waals surface area contributed by atoms with Crippen LogP contribution < -0.4 is 5.73 Å². The number of nitrogen functional groups attached to an aromatic ring is 1. The summed E-state index contributed by atoms with van der Waals surface area (Å²) in [4.78, 5) is 15.1. The molecule has 0 unspecified atom stereocenters. The number of hydrogen-bond acceptors (Lipinski definition) is 5. The number of aromatic carboxylic acids is 1. The van der Waals surface area contributed by atoms with E-state index >= 15 is 0 Å². The largest absolute Gasteiger partial charge is 0.506 e. The van der Waals surface area contributed by atoms with Gasteiger partial charge in [-0.3, -0.25) is 0 Å². The highest BCUT2D eigenvalue weighted by molar-refractivity contribution is 6.31. The second kappa shape index (κ2) is 14.9. The smallest absolute Gasteiger partial charge is 0.335 e. The van der Waals surface area contributed by atoms with Crippen molar-refractivity contribution in [1.29, 1.82) is 0 Å². The number of carboxylic acids is 1. The van der Waals surface area contributed by atoms with Gasteiger partial charge in [-0.15, -0.1) is 0 Å². The van der Waals surface area contributed by atoms with Crippen molar-refractivity contribution in [3.8, 4) is 39.5 Å². The summed E-state index contributed by atoms with van der Waals surface area (Å²) in [6, 6.07) is 45.2. The third kappa shape index (κ3) is 8.33. The van der Waals surface area contributed by atoms with E-state index < -0.39 is 5.97 Å². The lowest BCUT2D eigenvalue weighted by molar-refractivity contribution is 0.0697. The summed E-state index contributed by atoms with van der Waals surface area (Å²) < 4.78 is 5.78. The number of oxazole rings is 1. The first-order valence-electron chi connectivity index (χ1n) is 14.1. The zero-order chi connectivity index (χ0) is 32.5. The van der Waals surface area contributed by atoms with Gasteiger partial charge in [-0.2, -0.15) is 0 Å². The van der Waals surface area contributed by atoms with Gasteiger partial charge in [0.1, 0.15) is 11.3 Å². The van der Waals surface area contributed by atoms with E-state index in [9.17, 15) is 4.79 Å². The van der Waals surface area contributed by atoms with E-state index in [4.69, 9.17) is 43.6 Å². The van der Waals surface area contributed by atoms with Crippen LogP contribution in [0.15, 0.2) is 150 Å². The number of halogens is 2. The number of aromatic nitrogens is 1. The third-order valence-electron chi connectivity index (χ3n) is 6.82. The van der Waals surface area contributed by atoms with E-state index in [1.165, 1.54) is 17.2 Å². The molecule has 0 atom stereocenters. The molecule has 0 radical (unpaired) electrons. The monoisotopic (exact) mass is 646 g/mol. The van der Waals surface area contributed by atoms with Gasteiger partial charge in [-0.05, 0) is 70.8 Å². The lowest BCUT2D eigenvalue weighted by Gasteiger charge is -2.02. The van der Waals surface area contributed by atoms with Crippen molar-refractivity contribution < 1.29 is 19.4 Å². The van der Waals surface area contributed by atoms with Gasteiger partial charge in [0.2, 0.25) is 5.89 Å². The molecule has 6 aromatic carbocycles. The van der Waals surface area contributed by atoms with Crippen LogP contribution in [0.3, 0.4) is 0 Å². The molecular formula is C38H28Cl2N2O4. The van der Waals surface area contributed by atoms with E-state index in [0.29, 0.717) is 32.8 Å². The average molecular weight is 648 g/mol. The fraction of sp³-hybridized carbons (Fsp3) is 0. The quantitative estimate of drug-likeness (QED) is 0.130.